The molecule has 13 heavy (non-hydrogen) atoms. The molecule has 0 N–H and O–H groups in total. The van der Waals surface area contributed by atoms with E-state index in [2.05, 4.69) is 18.7 Å². The van der Waals surface area contributed by atoms with Gasteiger partial charge in [-0.25, -0.2) is 0 Å². The Morgan fingerprint density at radius 2 is 2.23 bits per heavy atom. The minimum Gasteiger partial charge on any atom is -0.493 e. The van der Waals surface area contributed by atoms with Crippen molar-refractivity contribution in [1.82, 2.24) is 0 Å². The summed E-state index contributed by atoms with van der Waals surface area (Å²) in [7, 11) is 0. The molecule has 1 radical (unpaired) electrons. The molecular weight excluding hydrogens is 160 g/mol. The van der Waals surface area contributed by atoms with Gasteiger partial charge >= 0.3 is 0 Å². The maximum absolute atomic E-state index is 5.54. The van der Waals surface area contributed by atoms with E-state index < -0.39 is 0 Å². The molecule has 1 aromatic carbocycles. The number of ether oxygens (including phenoxy) is 1. The smallest absolute Gasteiger partial charge is 0.123 e. The molecule has 1 nitrogen and oxygen atoms in total. The van der Waals surface area contributed by atoms with Crippen LogP contribution in [0.3, 0.4) is 0 Å². The molecule has 0 aliphatic carbocycles. The molecule has 1 aliphatic rings. The van der Waals surface area contributed by atoms with Crippen LogP contribution in [0, 0.1) is 5.92 Å². The molecular formula is C12H13O. The van der Waals surface area contributed by atoms with Gasteiger partial charge in [0.2, 0.25) is 0 Å². The Hall–Kier alpha value is -1.24. The van der Waals surface area contributed by atoms with Crippen molar-refractivity contribution < 1.29 is 4.74 Å². The van der Waals surface area contributed by atoms with E-state index in [0.717, 1.165) is 25.2 Å². The predicted octanol–water partition coefficient (Wildman–Crippen LogP) is 2.97. The first-order chi connectivity index (χ1) is 6.42. The summed E-state index contributed by atoms with van der Waals surface area (Å²) in [6, 6.07) is 8.21. The van der Waals surface area contributed by atoms with E-state index in [9.17, 15) is 0 Å². The van der Waals surface area contributed by atoms with Gasteiger partial charge in [-0.1, -0.05) is 24.3 Å². The van der Waals surface area contributed by atoms with Crippen molar-refractivity contribution in [3.05, 3.63) is 48.4 Å². The fourth-order valence-electron chi connectivity index (χ4n) is 1.69. The van der Waals surface area contributed by atoms with Crippen LogP contribution in [-0.4, -0.2) is 6.61 Å². The van der Waals surface area contributed by atoms with Gasteiger partial charge in [-0.3, -0.25) is 0 Å². The van der Waals surface area contributed by atoms with Gasteiger partial charge in [0.25, 0.3) is 0 Å². The first-order valence-electron chi connectivity index (χ1n) is 4.59. The van der Waals surface area contributed by atoms with Crippen molar-refractivity contribution in [3.8, 4) is 5.75 Å². The van der Waals surface area contributed by atoms with E-state index >= 15 is 0 Å². The quantitative estimate of drug-likeness (QED) is 0.625. The molecule has 67 valence electrons. The lowest BCUT2D eigenvalue weighted by atomic mass is 9.90. The molecule has 1 heterocycles. The summed E-state index contributed by atoms with van der Waals surface area (Å²) in [5, 5.41) is 0. The van der Waals surface area contributed by atoms with Crippen LogP contribution >= 0.6 is 0 Å². The summed E-state index contributed by atoms with van der Waals surface area (Å²) < 4.78 is 5.54. The van der Waals surface area contributed by atoms with E-state index in [-0.39, 0.29) is 0 Å². The summed E-state index contributed by atoms with van der Waals surface area (Å²) in [6.07, 6.45) is 3.96. The first kappa shape index (κ1) is 8.36. The molecule has 0 saturated carbocycles. The molecule has 0 atom stereocenters. The lowest BCUT2D eigenvalue weighted by molar-refractivity contribution is 0.295. The Morgan fingerprint density at radius 1 is 1.38 bits per heavy atom. The Bertz CT molecular complexity index is 304. The Labute approximate surface area is 79.0 Å². The van der Waals surface area contributed by atoms with Gasteiger partial charge in [-0.05, 0) is 18.9 Å². The summed E-state index contributed by atoms with van der Waals surface area (Å²) >= 11 is 0. The van der Waals surface area contributed by atoms with Gasteiger partial charge < -0.3 is 4.74 Å². The summed E-state index contributed by atoms with van der Waals surface area (Å²) in [4.78, 5) is 0. The first-order valence-corrected chi connectivity index (χ1v) is 4.59. The largest absolute Gasteiger partial charge is 0.493 e. The number of rotatable bonds is 2. The lowest BCUT2D eigenvalue weighted by Crippen LogP contribution is -2.14. The molecule has 2 rings (SSSR count). The van der Waals surface area contributed by atoms with Crippen molar-refractivity contribution in [2.24, 2.45) is 0 Å². The SMILES string of the molecule is C=CC[C]1CCOc2ccccc21. The van der Waals surface area contributed by atoms with Crippen LogP contribution in [0.15, 0.2) is 36.9 Å². The second-order valence-corrected chi connectivity index (χ2v) is 3.19. The number of para-hydroxylation sites is 1. The maximum atomic E-state index is 5.54. The van der Waals surface area contributed by atoms with Crippen molar-refractivity contribution >= 4 is 0 Å². The van der Waals surface area contributed by atoms with Crippen molar-refractivity contribution in [2.45, 2.75) is 12.8 Å². The third-order valence-corrected chi connectivity index (χ3v) is 2.32. The molecule has 0 aromatic heterocycles. The normalized spacial score (nSPS) is 16.0. The van der Waals surface area contributed by atoms with E-state index in [1.54, 1.807) is 0 Å². The zero-order chi connectivity index (χ0) is 9.10. The topological polar surface area (TPSA) is 9.23 Å². The number of benzene rings is 1. The highest BCUT2D eigenvalue weighted by atomic mass is 16.5. The second-order valence-electron chi connectivity index (χ2n) is 3.19. The highest BCUT2D eigenvalue weighted by Gasteiger charge is 2.19. The van der Waals surface area contributed by atoms with Crippen molar-refractivity contribution in [1.29, 1.82) is 0 Å². The summed E-state index contributed by atoms with van der Waals surface area (Å²) in [5.41, 5.74) is 1.26. The number of fused-ring (bicyclic) bond motifs is 1. The maximum Gasteiger partial charge on any atom is 0.123 e. The molecule has 1 aliphatic heterocycles. The molecule has 0 fully saturated rings. The Morgan fingerprint density at radius 3 is 3.08 bits per heavy atom. The van der Waals surface area contributed by atoms with Crippen molar-refractivity contribution in [2.75, 3.05) is 6.61 Å². The standard InChI is InChI=1S/C12H13O/c1-2-5-10-8-9-13-12-7-4-3-6-11(10)12/h2-4,6-7H,1,5,8-9H2. The molecule has 0 saturated heterocycles. The van der Waals surface area contributed by atoms with E-state index in [1.807, 2.05) is 18.2 Å². The van der Waals surface area contributed by atoms with Gasteiger partial charge in [0.15, 0.2) is 0 Å². The highest BCUT2D eigenvalue weighted by molar-refractivity contribution is 5.45. The fourth-order valence-corrected chi connectivity index (χ4v) is 1.69. The van der Waals surface area contributed by atoms with Gasteiger partial charge in [0.1, 0.15) is 5.75 Å². The highest BCUT2D eigenvalue weighted by Crippen LogP contribution is 2.34. The predicted molar refractivity (Wildman–Crippen MR) is 53.7 cm³/mol. The molecule has 1 heteroatoms. The average Bonchev–Trinajstić information content (AvgIpc) is 2.19. The van der Waals surface area contributed by atoms with Gasteiger partial charge in [-0.15, -0.1) is 6.58 Å². The van der Waals surface area contributed by atoms with E-state index in [4.69, 9.17) is 4.74 Å². The van der Waals surface area contributed by atoms with Crippen LogP contribution in [0.5, 0.6) is 5.75 Å². The van der Waals surface area contributed by atoms with Crippen LogP contribution in [0.25, 0.3) is 0 Å². The Balaban J connectivity index is 2.31. The molecule has 1 aromatic rings. The monoisotopic (exact) mass is 173 g/mol. The van der Waals surface area contributed by atoms with Crippen LogP contribution in [0.1, 0.15) is 18.4 Å². The van der Waals surface area contributed by atoms with Crippen LogP contribution in [0.2, 0.25) is 0 Å². The zero-order valence-electron chi connectivity index (χ0n) is 7.62. The van der Waals surface area contributed by atoms with Gasteiger partial charge in [0, 0.05) is 11.5 Å². The molecule has 0 bridgehead atoms. The minimum atomic E-state index is 0.806. The zero-order valence-corrected chi connectivity index (χ0v) is 7.62. The number of allylic oxidation sites excluding steroid dienone is 1. The third kappa shape index (κ3) is 1.59. The van der Waals surface area contributed by atoms with Crippen LogP contribution in [0.4, 0.5) is 0 Å². The number of hydrogen-bond acceptors (Lipinski definition) is 1. The summed E-state index contributed by atoms with van der Waals surface area (Å²) in [5.74, 6) is 2.46. The molecule has 0 amide bonds. The summed E-state index contributed by atoms with van der Waals surface area (Å²) in [6.45, 7) is 4.57. The van der Waals surface area contributed by atoms with Crippen molar-refractivity contribution in [3.63, 3.8) is 0 Å². The van der Waals surface area contributed by atoms with Gasteiger partial charge in [0.05, 0.1) is 6.61 Å². The molecule has 0 unspecified atom stereocenters. The number of hydrogen-bond donors (Lipinski definition) is 0. The van der Waals surface area contributed by atoms with E-state index in [0.29, 0.717) is 0 Å². The van der Waals surface area contributed by atoms with Crippen LogP contribution in [-0.2, 0) is 0 Å². The average molecular weight is 173 g/mol. The fraction of sp³-hybridized carbons (Fsp3) is 0.250. The third-order valence-electron chi connectivity index (χ3n) is 2.32. The van der Waals surface area contributed by atoms with E-state index in [1.165, 1.54) is 11.5 Å². The second kappa shape index (κ2) is 3.65. The van der Waals surface area contributed by atoms with Crippen LogP contribution < -0.4 is 4.74 Å². The minimum absolute atomic E-state index is 0.806. The Kier molecular flexibility index (Phi) is 2.35. The molecule has 0 spiro atoms. The van der Waals surface area contributed by atoms with Gasteiger partial charge in [-0.2, -0.15) is 0 Å². The lowest BCUT2D eigenvalue weighted by Gasteiger charge is -2.24.